The lowest BCUT2D eigenvalue weighted by molar-refractivity contribution is -0.137. The van der Waals surface area contributed by atoms with E-state index in [2.05, 4.69) is 0 Å². The molecule has 86 valence electrons. The summed E-state index contributed by atoms with van der Waals surface area (Å²) in [6.07, 6.45) is -0.634. The van der Waals surface area contributed by atoms with E-state index >= 15 is 0 Å². The van der Waals surface area contributed by atoms with Crippen LogP contribution in [0.4, 0.5) is 13.2 Å². The molecule has 0 aromatic heterocycles. The fraction of sp³-hybridized carbons (Fsp3) is 0.333. The number of hydrogen-bond donors (Lipinski definition) is 1. The zero-order chi connectivity index (χ0) is 11.8. The standard InChI is InChI=1S/C12H12F3N/c13-12(14,15)10-4-1-8(2-5-10)9-3-6-11(16)7-9/h1-2,4-5,7,11H,3,6,16H2. The highest BCUT2D eigenvalue weighted by Gasteiger charge is 2.30. The van der Waals surface area contributed by atoms with Gasteiger partial charge in [-0.3, -0.25) is 0 Å². The molecule has 1 aromatic carbocycles. The number of nitrogens with two attached hydrogens (primary N) is 1. The van der Waals surface area contributed by atoms with Gasteiger partial charge in [0, 0.05) is 6.04 Å². The summed E-state index contributed by atoms with van der Waals surface area (Å²) in [6, 6.07) is 5.27. The zero-order valence-electron chi connectivity index (χ0n) is 8.59. The summed E-state index contributed by atoms with van der Waals surface area (Å²) in [6.45, 7) is 0. The van der Waals surface area contributed by atoms with Crippen molar-refractivity contribution < 1.29 is 13.2 Å². The minimum Gasteiger partial charge on any atom is -0.324 e. The van der Waals surface area contributed by atoms with E-state index in [-0.39, 0.29) is 6.04 Å². The highest BCUT2D eigenvalue weighted by molar-refractivity contribution is 5.68. The van der Waals surface area contributed by atoms with Crippen LogP contribution in [0.5, 0.6) is 0 Å². The van der Waals surface area contributed by atoms with Crippen molar-refractivity contribution in [3.05, 3.63) is 41.5 Å². The second-order valence-corrected chi connectivity index (χ2v) is 3.97. The number of hydrogen-bond acceptors (Lipinski definition) is 1. The summed E-state index contributed by atoms with van der Waals surface area (Å²) >= 11 is 0. The lowest BCUT2D eigenvalue weighted by Gasteiger charge is -2.07. The van der Waals surface area contributed by atoms with Crippen molar-refractivity contribution in [2.24, 2.45) is 5.73 Å². The first-order chi connectivity index (χ1) is 7.47. The van der Waals surface area contributed by atoms with E-state index < -0.39 is 11.7 Å². The minimum absolute atomic E-state index is 0.0392. The molecule has 1 atom stereocenters. The van der Waals surface area contributed by atoms with Crippen LogP contribution in [0.15, 0.2) is 30.3 Å². The van der Waals surface area contributed by atoms with E-state index in [0.717, 1.165) is 36.1 Å². The van der Waals surface area contributed by atoms with Crippen LogP contribution in [0.25, 0.3) is 5.57 Å². The molecular weight excluding hydrogens is 215 g/mol. The molecule has 0 fully saturated rings. The Morgan fingerprint density at radius 2 is 1.75 bits per heavy atom. The molecule has 2 N–H and O–H groups in total. The topological polar surface area (TPSA) is 26.0 Å². The molecule has 1 unspecified atom stereocenters. The monoisotopic (exact) mass is 227 g/mol. The molecule has 1 aliphatic rings. The normalized spacial score (nSPS) is 21.0. The van der Waals surface area contributed by atoms with Gasteiger partial charge in [0.1, 0.15) is 0 Å². The molecule has 1 nitrogen and oxygen atoms in total. The van der Waals surface area contributed by atoms with Crippen LogP contribution in [-0.2, 0) is 6.18 Å². The van der Waals surface area contributed by atoms with Gasteiger partial charge in [-0.25, -0.2) is 0 Å². The Balaban J connectivity index is 2.23. The van der Waals surface area contributed by atoms with Gasteiger partial charge in [-0.15, -0.1) is 0 Å². The van der Waals surface area contributed by atoms with Gasteiger partial charge in [0.05, 0.1) is 5.56 Å². The van der Waals surface area contributed by atoms with Crippen LogP contribution in [0.1, 0.15) is 24.0 Å². The third kappa shape index (κ3) is 2.27. The fourth-order valence-corrected chi connectivity index (χ4v) is 1.86. The highest BCUT2D eigenvalue weighted by atomic mass is 19.4. The molecule has 0 radical (unpaired) electrons. The van der Waals surface area contributed by atoms with E-state index in [1.807, 2.05) is 6.08 Å². The smallest absolute Gasteiger partial charge is 0.324 e. The van der Waals surface area contributed by atoms with Gasteiger partial charge in [-0.05, 0) is 36.1 Å². The van der Waals surface area contributed by atoms with Gasteiger partial charge in [-0.1, -0.05) is 18.2 Å². The summed E-state index contributed by atoms with van der Waals surface area (Å²) in [5.41, 5.74) is 6.97. The second kappa shape index (κ2) is 3.94. The van der Waals surface area contributed by atoms with Crippen molar-refractivity contribution in [3.8, 4) is 0 Å². The molecule has 16 heavy (non-hydrogen) atoms. The van der Waals surface area contributed by atoms with Crippen LogP contribution in [0.3, 0.4) is 0 Å². The lowest BCUT2D eigenvalue weighted by atomic mass is 10.0. The van der Waals surface area contributed by atoms with Gasteiger partial charge in [0.25, 0.3) is 0 Å². The number of alkyl halides is 3. The van der Waals surface area contributed by atoms with Crippen LogP contribution < -0.4 is 5.73 Å². The molecule has 0 amide bonds. The maximum Gasteiger partial charge on any atom is 0.416 e. The van der Waals surface area contributed by atoms with Crippen LogP contribution in [0, 0.1) is 0 Å². The van der Waals surface area contributed by atoms with Crippen LogP contribution >= 0.6 is 0 Å². The first-order valence-electron chi connectivity index (χ1n) is 5.11. The zero-order valence-corrected chi connectivity index (χ0v) is 8.59. The van der Waals surface area contributed by atoms with Gasteiger partial charge in [-0.2, -0.15) is 13.2 Å². The predicted octanol–water partition coefficient (Wildman–Crippen LogP) is 3.21. The molecule has 0 heterocycles. The molecule has 0 spiro atoms. The summed E-state index contributed by atoms with van der Waals surface area (Å²) in [7, 11) is 0. The van der Waals surface area contributed by atoms with E-state index in [4.69, 9.17) is 5.73 Å². The van der Waals surface area contributed by atoms with Crippen molar-refractivity contribution in [1.82, 2.24) is 0 Å². The van der Waals surface area contributed by atoms with Crippen molar-refractivity contribution in [2.75, 3.05) is 0 Å². The lowest BCUT2D eigenvalue weighted by Crippen LogP contribution is -2.11. The summed E-state index contributed by atoms with van der Waals surface area (Å²) in [5.74, 6) is 0. The average Bonchev–Trinajstić information content (AvgIpc) is 2.64. The first kappa shape index (κ1) is 11.2. The first-order valence-corrected chi connectivity index (χ1v) is 5.11. The fourth-order valence-electron chi connectivity index (χ4n) is 1.86. The quantitative estimate of drug-likeness (QED) is 0.783. The second-order valence-electron chi connectivity index (χ2n) is 3.97. The molecule has 0 saturated heterocycles. The van der Waals surface area contributed by atoms with E-state index in [0.29, 0.717) is 0 Å². The molecule has 1 aromatic rings. The number of benzene rings is 1. The van der Waals surface area contributed by atoms with E-state index in [1.54, 1.807) is 0 Å². The number of halogens is 3. The SMILES string of the molecule is NC1C=C(c2ccc(C(F)(F)F)cc2)CC1. The number of allylic oxidation sites excluding steroid dienone is 1. The molecule has 0 bridgehead atoms. The number of rotatable bonds is 1. The third-order valence-electron chi connectivity index (χ3n) is 2.75. The van der Waals surface area contributed by atoms with Gasteiger partial charge < -0.3 is 5.73 Å². The Kier molecular flexibility index (Phi) is 2.76. The minimum atomic E-state index is -4.26. The van der Waals surface area contributed by atoms with Crippen LogP contribution in [-0.4, -0.2) is 6.04 Å². The summed E-state index contributed by atoms with van der Waals surface area (Å²) in [5, 5.41) is 0. The molecule has 4 heteroatoms. The molecule has 1 aliphatic carbocycles. The van der Waals surface area contributed by atoms with Gasteiger partial charge in [0.2, 0.25) is 0 Å². The maximum atomic E-state index is 12.3. The largest absolute Gasteiger partial charge is 0.416 e. The van der Waals surface area contributed by atoms with E-state index in [1.165, 1.54) is 12.1 Å². The van der Waals surface area contributed by atoms with Gasteiger partial charge >= 0.3 is 6.18 Å². The molecule has 0 aliphatic heterocycles. The van der Waals surface area contributed by atoms with Crippen molar-refractivity contribution >= 4 is 5.57 Å². The van der Waals surface area contributed by atoms with Crippen LogP contribution in [0.2, 0.25) is 0 Å². The molecular formula is C12H12F3N. The Hall–Kier alpha value is -1.29. The van der Waals surface area contributed by atoms with Crippen molar-refractivity contribution in [2.45, 2.75) is 25.1 Å². The van der Waals surface area contributed by atoms with E-state index in [9.17, 15) is 13.2 Å². The Labute approximate surface area is 91.8 Å². The average molecular weight is 227 g/mol. The van der Waals surface area contributed by atoms with Crippen molar-refractivity contribution in [1.29, 1.82) is 0 Å². The Morgan fingerprint density at radius 3 is 2.19 bits per heavy atom. The summed E-state index contributed by atoms with van der Waals surface area (Å²) < 4.78 is 37.0. The Morgan fingerprint density at radius 1 is 1.12 bits per heavy atom. The highest BCUT2D eigenvalue weighted by Crippen LogP contribution is 2.32. The summed E-state index contributed by atoms with van der Waals surface area (Å²) in [4.78, 5) is 0. The Bertz CT molecular complexity index is 403. The maximum absolute atomic E-state index is 12.3. The third-order valence-corrected chi connectivity index (χ3v) is 2.75. The van der Waals surface area contributed by atoms with Gasteiger partial charge in [0.15, 0.2) is 0 Å². The van der Waals surface area contributed by atoms with Crippen molar-refractivity contribution in [3.63, 3.8) is 0 Å². The molecule has 0 saturated carbocycles. The predicted molar refractivity (Wildman–Crippen MR) is 56.6 cm³/mol. The molecule has 2 rings (SSSR count).